The lowest BCUT2D eigenvalue weighted by molar-refractivity contribution is -0.139. The second-order valence-electron chi connectivity index (χ2n) is 6.15. The summed E-state index contributed by atoms with van der Waals surface area (Å²) in [5.74, 6) is -0.880. The molecule has 7 nitrogen and oxygen atoms in total. The van der Waals surface area contributed by atoms with Gasteiger partial charge in [-0.05, 0) is 31.7 Å². The van der Waals surface area contributed by atoms with Gasteiger partial charge in [0.05, 0.1) is 17.9 Å². The first-order valence-corrected chi connectivity index (χ1v) is 8.40. The summed E-state index contributed by atoms with van der Waals surface area (Å²) in [5.41, 5.74) is 0.850. The van der Waals surface area contributed by atoms with Crippen LogP contribution in [0.4, 0.5) is 15.8 Å². The van der Waals surface area contributed by atoms with E-state index in [0.29, 0.717) is 24.0 Å². The number of amides is 2. The van der Waals surface area contributed by atoms with Crippen LogP contribution in [0.1, 0.15) is 25.7 Å². The number of hydrogen-bond acceptors (Lipinski definition) is 5. The number of carbonyl (C=O) groups excluding carboxylic acids is 2. The Balaban J connectivity index is 1.98. The van der Waals surface area contributed by atoms with Crippen molar-refractivity contribution in [3.63, 3.8) is 0 Å². The number of hydrogen-bond donors (Lipinski definition) is 2. The first kappa shape index (κ1) is 18.5. The number of halogens is 1. The van der Waals surface area contributed by atoms with E-state index in [1.165, 1.54) is 6.07 Å². The van der Waals surface area contributed by atoms with Crippen molar-refractivity contribution in [2.45, 2.75) is 25.7 Å². The smallest absolute Gasteiger partial charge is 0.341 e. The number of carboxylic acid groups (broad SMARTS) is 1. The van der Waals surface area contributed by atoms with Crippen molar-refractivity contribution in [3.8, 4) is 18.1 Å². The van der Waals surface area contributed by atoms with E-state index in [1.807, 2.05) is 0 Å². The van der Waals surface area contributed by atoms with E-state index < -0.39 is 30.2 Å². The number of carbonyl (C=O) groups is 3. The Labute approximate surface area is 154 Å². The molecule has 1 aliphatic heterocycles. The van der Waals surface area contributed by atoms with E-state index >= 15 is 0 Å². The standard InChI is InChI=1S/C19H17FN2O5/c1-2-7-21-14-9-15(13(20)8-16(14)27-10-17(23)24)22-18(25)11-5-3-4-6-12(11)19(22)26/h1,8-9,21H,3-7,10H2,(H,23,24). The second kappa shape index (κ2) is 7.50. The molecule has 2 aliphatic rings. The molecular weight excluding hydrogens is 355 g/mol. The monoisotopic (exact) mass is 372 g/mol. The zero-order valence-corrected chi connectivity index (χ0v) is 14.4. The highest BCUT2D eigenvalue weighted by Gasteiger charge is 2.41. The fourth-order valence-corrected chi connectivity index (χ4v) is 3.22. The molecule has 0 saturated heterocycles. The Bertz CT molecular complexity index is 872. The molecule has 0 spiro atoms. The molecule has 140 valence electrons. The van der Waals surface area contributed by atoms with Crippen molar-refractivity contribution in [1.29, 1.82) is 0 Å². The third-order valence-electron chi connectivity index (χ3n) is 4.41. The number of terminal acetylenes is 1. The molecular formula is C19H17FN2O5. The predicted molar refractivity (Wildman–Crippen MR) is 94.8 cm³/mol. The Morgan fingerprint density at radius 1 is 1.26 bits per heavy atom. The van der Waals surface area contributed by atoms with Gasteiger partial charge in [-0.1, -0.05) is 5.92 Å². The highest BCUT2D eigenvalue weighted by Crippen LogP contribution is 2.39. The summed E-state index contributed by atoms with van der Waals surface area (Å²) >= 11 is 0. The van der Waals surface area contributed by atoms with Crippen LogP contribution in [-0.4, -0.2) is 36.0 Å². The molecule has 2 amide bonds. The van der Waals surface area contributed by atoms with Gasteiger partial charge in [0.2, 0.25) is 0 Å². The maximum atomic E-state index is 14.7. The van der Waals surface area contributed by atoms with Crippen LogP contribution in [-0.2, 0) is 14.4 Å². The molecule has 1 aromatic carbocycles. The van der Waals surface area contributed by atoms with E-state index in [2.05, 4.69) is 11.2 Å². The highest BCUT2D eigenvalue weighted by atomic mass is 19.1. The minimum Gasteiger partial charge on any atom is -0.480 e. The molecule has 8 heteroatoms. The highest BCUT2D eigenvalue weighted by molar-refractivity contribution is 6.33. The van der Waals surface area contributed by atoms with Crippen LogP contribution in [0, 0.1) is 18.2 Å². The van der Waals surface area contributed by atoms with E-state index in [4.69, 9.17) is 16.3 Å². The first-order valence-electron chi connectivity index (χ1n) is 8.40. The number of nitrogens with zero attached hydrogens (tertiary/aromatic N) is 1. The van der Waals surface area contributed by atoms with Gasteiger partial charge < -0.3 is 15.2 Å². The van der Waals surface area contributed by atoms with Gasteiger partial charge in [0.15, 0.2) is 12.4 Å². The summed E-state index contributed by atoms with van der Waals surface area (Å²) in [6.45, 7) is -0.619. The van der Waals surface area contributed by atoms with Crippen molar-refractivity contribution >= 4 is 29.2 Å². The Morgan fingerprint density at radius 2 is 1.89 bits per heavy atom. The van der Waals surface area contributed by atoms with Crippen molar-refractivity contribution in [2.75, 3.05) is 23.4 Å². The van der Waals surface area contributed by atoms with Gasteiger partial charge in [-0.25, -0.2) is 14.1 Å². The predicted octanol–water partition coefficient (Wildman–Crippen LogP) is 2.08. The van der Waals surface area contributed by atoms with Gasteiger partial charge in [0, 0.05) is 17.2 Å². The van der Waals surface area contributed by atoms with Gasteiger partial charge in [-0.3, -0.25) is 9.59 Å². The molecule has 0 atom stereocenters. The summed E-state index contributed by atoms with van der Waals surface area (Å²) in [6.07, 6.45) is 7.84. The zero-order chi connectivity index (χ0) is 19.6. The normalized spacial score (nSPS) is 16.2. The average Bonchev–Trinajstić information content (AvgIpc) is 2.90. The minimum atomic E-state index is -1.23. The van der Waals surface area contributed by atoms with Crippen LogP contribution in [0.15, 0.2) is 23.3 Å². The SMILES string of the molecule is C#CCNc1cc(N2C(=O)C3=C(CCCC3)C2=O)c(F)cc1OCC(=O)O. The number of anilines is 2. The molecule has 0 aromatic heterocycles. The van der Waals surface area contributed by atoms with Crippen molar-refractivity contribution in [1.82, 2.24) is 0 Å². The molecule has 1 heterocycles. The molecule has 0 fully saturated rings. The molecule has 1 aliphatic carbocycles. The van der Waals surface area contributed by atoms with Gasteiger partial charge in [-0.15, -0.1) is 6.42 Å². The van der Waals surface area contributed by atoms with Crippen LogP contribution >= 0.6 is 0 Å². The second-order valence-corrected chi connectivity index (χ2v) is 6.15. The van der Waals surface area contributed by atoms with E-state index in [-0.39, 0.29) is 23.7 Å². The van der Waals surface area contributed by atoms with Crippen LogP contribution in [0.25, 0.3) is 0 Å². The lowest BCUT2D eigenvalue weighted by Gasteiger charge is -2.19. The fraction of sp³-hybridized carbons (Fsp3) is 0.316. The van der Waals surface area contributed by atoms with Gasteiger partial charge in [0.1, 0.15) is 5.75 Å². The Kier molecular flexibility index (Phi) is 5.12. The lowest BCUT2D eigenvalue weighted by atomic mass is 9.93. The van der Waals surface area contributed by atoms with Crippen LogP contribution in [0.3, 0.4) is 0 Å². The summed E-state index contributed by atoms with van der Waals surface area (Å²) in [4.78, 5) is 36.8. The quantitative estimate of drug-likeness (QED) is 0.586. The molecule has 2 N–H and O–H groups in total. The number of nitrogens with one attached hydrogen (secondary N) is 1. The number of benzene rings is 1. The van der Waals surface area contributed by atoms with Crippen LogP contribution in [0.5, 0.6) is 5.75 Å². The summed E-state index contributed by atoms with van der Waals surface area (Å²) in [6, 6.07) is 2.17. The maximum absolute atomic E-state index is 14.7. The van der Waals surface area contributed by atoms with E-state index in [0.717, 1.165) is 23.8 Å². The van der Waals surface area contributed by atoms with Crippen molar-refractivity contribution in [3.05, 3.63) is 29.1 Å². The summed E-state index contributed by atoms with van der Waals surface area (Å²) < 4.78 is 19.8. The topological polar surface area (TPSA) is 95.9 Å². The third-order valence-corrected chi connectivity index (χ3v) is 4.41. The van der Waals surface area contributed by atoms with E-state index in [9.17, 15) is 18.8 Å². The number of rotatable bonds is 6. The molecule has 0 bridgehead atoms. The molecule has 0 unspecified atom stereocenters. The zero-order valence-electron chi connectivity index (χ0n) is 14.4. The maximum Gasteiger partial charge on any atom is 0.341 e. The first-order chi connectivity index (χ1) is 12.9. The van der Waals surface area contributed by atoms with E-state index in [1.54, 1.807) is 0 Å². The largest absolute Gasteiger partial charge is 0.480 e. The third kappa shape index (κ3) is 3.49. The fourth-order valence-electron chi connectivity index (χ4n) is 3.22. The number of carboxylic acids is 1. The lowest BCUT2D eigenvalue weighted by Crippen LogP contribution is -2.32. The Morgan fingerprint density at radius 3 is 2.44 bits per heavy atom. The van der Waals surface area contributed by atoms with Gasteiger partial charge in [-0.2, -0.15) is 0 Å². The number of aliphatic carboxylic acids is 1. The number of ether oxygens (including phenoxy) is 1. The van der Waals surface area contributed by atoms with Crippen molar-refractivity contribution in [2.24, 2.45) is 0 Å². The number of imide groups is 1. The average molecular weight is 372 g/mol. The van der Waals surface area contributed by atoms with Gasteiger partial charge >= 0.3 is 5.97 Å². The molecule has 1 aromatic rings. The van der Waals surface area contributed by atoms with Crippen molar-refractivity contribution < 1.29 is 28.6 Å². The minimum absolute atomic E-state index is 0.0607. The molecule has 3 rings (SSSR count). The Hall–Kier alpha value is -3.34. The molecule has 27 heavy (non-hydrogen) atoms. The van der Waals surface area contributed by atoms with Gasteiger partial charge in [0.25, 0.3) is 11.8 Å². The van der Waals surface area contributed by atoms with Crippen LogP contribution in [0.2, 0.25) is 0 Å². The summed E-state index contributed by atoms with van der Waals surface area (Å²) in [5, 5.41) is 11.5. The van der Waals surface area contributed by atoms with Crippen LogP contribution < -0.4 is 15.0 Å². The molecule has 0 radical (unpaired) electrons. The summed E-state index contributed by atoms with van der Waals surface area (Å²) in [7, 11) is 0. The molecule has 0 saturated carbocycles.